The molecular formula is C40H19Cl7. The molecule has 8 aromatic carbocycles. The van der Waals surface area contributed by atoms with E-state index in [-0.39, 0.29) is 0 Å². The molecule has 0 amide bonds. The van der Waals surface area contributed by atoms with Crippen molar-refractivity contribution in [1.29, 1.82) is 0 Å². The molecule has 0 aromatic heterocycles. The smallest absolute Gasteiger partial charge is 0.0684 e. The Morgan fingerprint density at radius 1 is 0.319 bits per heavy atom. The number of hydrogen-bond acceptors (Lipinski definition) is 0. The zero-order valence-electron chi connectivity index (χ0n) is 24.1. The molecule has 0 saturated heterocycles. The summed E-state index contributed by atoms with van der Waals surface area (Å²) in [6.45, 7) is 0. The average Bonchev–Trinajstić information content (AvgIpc) is 3.07. The average molecular weight is 748 g/mol. The zero-order chi connectivity index (χ0) is 32.6. The highest BCUT2D eigenvalue weighted by molar-refractivity contribution is 6.51. The van der Waals surface area contributed by atoms with E-state index in [1.165, 1.54) is 0 Å². The summed E-state index contributed by atoms with van der Waals surface area (Å²) in [5.41, 5.74) is 4.74. The van der Waals surface area contributed by atoms with Gasteiger partial charge < -0.3 is 0 Å². The fourth-order valence-electron chi connectivity index (χ4n) is 6.77. The van der Waals surface area contributed by atoms with Crippen LogP contribution in [0.4, 0.5) is 0 Å². The van der Waals surface area contributed by atoms with Crippen molar-refractivity contribution in [2.24, 2.45) is 0 Å². The highest BCUT2D eigenvalue weighted by Crippen LogP contribution is 2.55. The summed E-state index contributed by atoms with van der Waals surface area (Å²) in [7, 11) is 0. The number of fused-ring (bicyclic) bond motifs is 4. The highest BCUT2D eigenvalue weighted by atomic mass is 35.5. The lowest BCUT2D eigenvalue weighted by atomic mass is 9.83. The van der Waals surface area contributed by atoms with Crippen LogP contribution in [-0.2, 0) is 0 Å². The van der Waals surface area contributed by atoms with Crippen molar-refractivity contribution in [3.8, 4) is 33.4 Å². The van der Waals surface area contributed by atoms with E-state index < -0.39 is 0 Å². The third-order valence-electron chi connectivity index (χ3n) is 8.75. The van der Waals surface area contributed by atoms with Gasteiger partial charge in [-0.1, -0.05) is 160 Å². The van der Waals surface area contributed by atoms with Crippen molar-refractivity contribution in [2.75, 3.05) is 0 Å². The van der Waals surface area contributed by atoms with Crippen molar-refractivity contribution in [3.63, 3.8) is 0 Å². The summed E-state index contributed by atoms with van der Waals surface area (Å²) in [4.78, 5) is 0. The van der Waals surface area contributed by atoms with Gasteiger partial charge in [-0.2, -0.15) is 0 Å². The van der Waals surface area contributed by atoms with Gasteiger partial charge in [0.15, 0.2) is 0 Å². The molecule has 0 atom stereocenters. The van der Waals surface area contributed by atoms with Gasteiger partial charge in [-0.3, -0.25) is 0 Å². The molecule has 0 fully saturated rings. The molecule has 0 aliphatic carbocycles. The standard InChI is InChI=1S/C40H19Cl7/c41-22-14-15-23-21(19-22)13-17-31(44)35(23)38-37(36-25-9-4-11-29(42)24(25)16-18-32(36)45)28-10-3-8-27(34(28)39(46)40(38)47)26-7-1-5-20-6-2-12-30(43)33(20)26/h1-19H. The van der Waals surface area contributed by atoms with Crippen LogP contribution in [0.2, 0.25) is 35.2 Å². The Hall–Kier alpha value is -3.17. The lowest BCUT2D eigenvalue weighted by Gasteiger charge is -2.23. The molecular weight excluding hydrogens is 729 g/mol. The molecule has 8 aromatic rings. The Labute approximate surface area is 305 Å². The van der Waals surface area contributed by atoms with Crippen LogP contribution in [0.3, 0.4) is 0 Å². The lowest BCUT2D eigenvalue weighted by molar-refractivity contribution is 1.63. The molecule has 0 saturated carbocycles. The SMILES string of the molecule is Clc1ccc2c(-c3c(Cl)c(Cl)c4c(-c5cccc6cccc(Cl)c56)cccc4c3-c3c(Cl)ccc4c(Cl)cccc34)c(Cl)ccc2c1. The van der Waals surface area contributed by atoms with E-state index in [1.807, 2.05) is 109 Å². The van der Waals surface area contributed by atoms with Gasteiger partial charge in [-0.15, -0.1) is 0 Å². The Kier molecular flexibility index (Phi) is 7.98. The number of hydrogen-bond donors (Lipinski definition) is 0. The Balaban J connectivity index is 1.62. The summed E-state index contributed by atoms with van der Waals surface area (Å²) in [5.74, 6) is 0. The van der Waals surface area contributed by atoms with E-state index in [0.717, 1.165) is 70.9 Å². The summed E-state index contributed by atoms with van der Waals surface area (Å²) in [6.07, 6.45) is 0. The number of benzene rings is 8. The quantitative estimate of drug-likeness (QED) is 0.169. The predicted molar refractivity (Wildman–Crippen MR) is 208 cm³/mol. The second-order valence-electron chi connectivity index (χ2n) is 11.3. The van der Waals surface area contributed by atoms with Crippen molar-refractivity contribution in [1.82, 2.24) is 0 Å². The Bertz CT molecular complexity index is 2600. The topological polar surface area (TPSA) is 0 Å². The fraction of sp³-hybridized carbons (Fsp3) is 0. The molecule has 0 radical (unpaired) electrons. The first-order valence-electron chi connectivity index (χ1n) is 14.6. The van der Waals surface area contributed by atoms with Gasteiger partial charge in [0.1, 0.15) is 0 Å². The second kappa shape index (κ2) is 12.1. The summed E-state index contributed by atoms with van der Waals surface area (Å²) < 4.78 is 0. The first kappa shape index (κ1) is 31.1. The molecule has 7 heteroatoms. The minimum atomic E-state index is 0.340. The molecule has 0 aliphatic rings. The van der Waals surface area contributed by atoms with Crippen molar-refractivity contribution < 1.29 is 0 Å². The van der Waals surface area contributed by atoms with Gasteiger partial charge in [-0.05, 0) is 74.5 Å². The number of rotatable bonds is 3. The Morgan fingerprint density at radius 2 is 0.915 bits per heavy atom. The summed E-state index contributed by atoms with van der Waals surface area (Å²) in [6, 6.07) is 37.2. The van der Waals surface area contributed by atoms with Crippen molar-refractivity contribution >= 4 is 124 Å². The van der Waals surface area contributed by atoms with Gasteiger partial charge in [0, 0.05) is 63.5 Å². The highest BCUT2D eigenvalue weighted by Gasteiger charge is 2.27. The van der Waals surface area contributed by atoms with Gasteiger partial charge in [0.05, 0.1) is 10.0 Å². The van der Waals surface area contributed by atoms with Crippen molar-refractivity contribution in [3.05, 3.63) is 150 Å². The van der Waals surface area contributed by atoms with E-state index in [0.29, 0.717) is 40.7 Å². The summed E-state index contributed by atoms with van der Waals surface area (Å²) >= 11 is 49.2. The molecule has 0 unspecified atom stereocenters. The van der Waals surface area contributed by atoms with Crippen LogP contribution in [0, 0.1) is 0 Å². The molecule has 47 heavy (non-hydrogen) atoms. The Morgan fingerprint density at radius 3 is 1.70 bits per heavy atom. The van der Waals surface area contributed by atoms with E-state index >= 15 is 0 Å². The van der Waals surface area contributed by atoms with E-state index in [9.17, 15) is 0 Å². The first-order chi connectivity index (χ1) is 22.7. The van der Waals surface area contributed by atoms with Crippen LogP contribution in [0.5, 0.6) is 0 Å². The third-order valence-corrected chi connectivity index (χ3v) is 11.1. The molecule has 0 bridgehead atoms. The fourth-order valence-corrected chi connectivity index (χ4v) is 8.58. The molecule has 228 valence electrons. The van der Waals surface area contributed by atoms with Crippen molar-refractivity contribution in [2.45, 2.75) is 0 Å². The molecule has 0 N–H and O–H groups in total. The largest absolute Gasteiger partial charge is 0.0843 e. The summed E-state index contributed by atoms with van der Waals surface area (Å²) in [5, 5.41) is 10.6. The van der Waals surface area contributed by atoms with Crippen LogP contribution >= 0.6 is 81.2 Å². The molecule has 0 heterocycles. The monoisotopic (exact) mass is 744 g/mol. The zero-order valence-corrected chi connectivity index (χ0v) is 29.4. The third kappa shape index (κ3) is 4.97. The minimum Gasteiger partial charge on any atom is -0.0843 e. The normalized spacial score (nSPS) is 11.7. The number of halogens is 7. The minimum absolute atomic E-state index is 0.340. The van der Waals surface area contributed by atoms with Crippen LogP contribution in [-0.4, -0.2) is 0 Å². The van der Waals surface area contributed by atoms with Gasteiger partial charge in [-0.25, -0.2) is 0 Å². The van der Waals surface area contributed by atoms with Gasteiger partial charge in [0.25, 0.3) is 0 Å². The van der Waals surface area contributed by atoms with Gasteiger partial charge >= 0.3 is 0 Å². The maximum Gasteiger partial charge on any atom is 0.0684 e. The van der Waals surface area contributed by atoms with Crippen LogP contribution in [0.1, 0.15) is 0 Å². The van der Waals surface area contributed by atoms with Gasteiger partial charge in [0.2, 0.25) is 0 Å². The molecule has 8 rings (SSSR count). The van der Waals surface area contributed by atoms with E-state index in [2.05, 4.69) is 6.07 Å². The molecule has 0 nitrogen and oxygen atoms in total. The first-order valence-corrected chi connectivity index (χ1v) is 17.3. The maximum atomic E-state index is 7.50. The maximum absolute atomic E-state index is 7.50. The molecule has 0 aliphatic heterocycles. The van der Waals surface area contributed by atoms with Crippen LogP contribution in [0.15, 0.2) is 115 Å². The second-order valence-corrected chi connectivity index (χ2v) is 14.1. The van der Waals surface area contributed by atoms with Crippen LogP contribution < -0.4 is 0 Å². The van der Waals surface area contributed by atoms with E-state index in [4.69, 9.17) is 81.2 Å². The lowest BCUT2D eigenvalue weighted by Crippen LogP contribution is -1.96. The van der Waals surface area contributed by atoms with Crippen LogP contribution in [0.25, 0.3) is 76.5 Å². The molecule has 0 spiro atoms. The predicted octanol–water partition coefficient (Wildman–Crippen LogP) is 15.9. The van der Waals surface area contributed by atoms with E-state index in [1.54, 1.807) is 0 Å².